The van der Waals surface area contributed by atoms with Gasteiger partial charge in [0.25, 0.3) is 11.8 Å². The maximum atomic E-state index is 13.5. The lowest BCUT2D eigenvalue weighted by molar-refractivity contribution is -0.159. The van der Waals surface area contributed by atoms with Crippen molar-refractivity contribution in [1.29, 1.82) is 0 Å². The summed E-state index contributed by atoms with van der Waals surface area (Å²) in [5, 5.41) is 2.61. The van der Waals surface area contributed by atoms with Crippen LogP contribution in [0.1, 0.15) is 30.9 Å². The van der Waals surface area contributed by atoms with E-state index in [1.807, 2.05) is 12.1 Å². The van der Waals surface area contributed by atoms with Crippen molar-refractivity contribution in [2.24, 2.45) is 5.41 Å². The van der Waals surface area contributed by atoms with Gasteiger partial charge in [-0.15, -0.1) is 0 Å². The van der Waals surface area contributed by atoms with Crippen LogP contribution in [-0.4, -0.2) is 82.7 Å². The summed E-state index contributed by atoms with van der Waals surface area (Å²) in [4.78, 5) is 70.2. The zero-order chi connectivity index (χ0) is 25.2. The Morgan fingerprint density at radius 3 is 2.46 bits per heavy atom. The van der Waals surface area contributed by atoms with Crippen molar-refractivity contribution in [3.05, 3.63) is 34.9 Å². The number of nitrogens with zero attached hydrogens (tertiary/aromatic N) is 4. The summed E-state index contributed by atoms with van der Waals surface area (Å²) in [6, 6.07) is 4.53. The number of nitrogens with one attached hydrogen (secondary N) is 1. The monoisotopic (exact) mass is 495 g/mol. The molecule has 1 aromatic rings. The molecule has 4 aliphatic heterocycles. The molecular formula is C24H25N5O5S. The smallest absolute Gasteiger partial charge is 0.332 e. The highest BCUT2D eigenvalue weighted by atomic mass is 32.1. The molecule has 11 heteroatoms. The van der Waals surface area contributed by atoms with E-state index in [2.05, 4.69) is 10.2 Å². The first-order chi connectivity index (χ1) is 16.6. The van der Waals surface area contributed by atoms with Gasteiger partial charge in [0.05, 0.1) is 6.04 Å². The van der Waals surface area contributed by atoms with Crippen LogP contribution < -0.4 is 10.2 Å². The quantitative estimate of drug-likeness (QED) is 0.281. The minimum absolute atomic E-state index is 0.0418. The fourth-order valence-electron chi connectivity index (χ4n) is 5.78. The van der Waals surface area contributed by atoms with Gasteiger partial charge in [-0.3, -0.25) is 39.2 Å². The number of amides is 6. The topological polar surface area (TPSA) is 110 Å². The molecule has 0 aliphatic carbocycles. The number of benzene rings is 1. The first-order valence-electron chi connectivity index (χ1n) is 11.5. The molecule has 1 atom stereocenters. The van der Waals surface area contributed by atoms with Crippen LogP contribution in [0.25, 0.3) is 6.08 Å². The van der Waals surface area contributed by atoms with E-state index in [0.717, 1.165) is 27.5 Å². The van der Waals surface area contributed by atoms with Gasteiger partial charge < -0.3 is 4.90 Å². The first-order valence-corrected chi connectivity index (χ1v) is 11.9. The number of carbonyl (C=O) groups excluding carboxylic acids is 5. The van der Waals surface area contributed by atoms with Crippen molar-refractivity contribution >= 4 is 58.8 Å². The fraction of sp³-hybridized carbons (Fsp3) is 0.417. The van der Waals surface area contributed by atoms with Crippen LogP contribution in [-0.2, 0) is 25.6 Å². The Bertz CT molecular complexity index is 1230. The number of anilines is 1. The summed E-state index contributed by atoms with van der Waals surface area (Å²) in [6.07, 6.45) is 3.12. The molecule has 35 heavy (non-hydrogen) atoms. The van der Waals surface area contributed by atoms with Gasteiger partial charge in [0, 0.05) is 32.9 Å². The molecule has 3 fully saturated rings. The second-order valence-electron chi connectivity index (χ2n) is 9.27. The Labute approximate surface area is 207 Å². The molecule has 1 N–H and O–H groups in total. The summed E-state index contributed by atoms with van der Waals surface area (Å²) >= 11 is 5.08. The summed E-state index contributed by atoms with van der Waals surface area (Å²) in [7, 11) is 2.81. The summed E-state index contributed by atoms with van der Waals surface area (Å²) < 4.78 is 0. The maximum Gasteiger partial charge on any atom is 0.332 e. The molecule has 6 amide bonds. The van der Waals surface area contributed by atoms with Gasteiger partial charge in [0.15, 0.2) is 10.5 Å². The minimum Gasteiger partial charge on any atom is -0.367 e. The highest BCUT2D eigenvalue weighted by Crippen LogP contribution is 2.49. The van der Waals surface area contributed by atoms with Crippen LogP contribution in [0.2, 0.25) is 0 Å². The van der Waals surface area contributed by atoms with Crippen LogP contribution in [0.15, 0.2) is 23.8 Å². The van der Waals surface area contributed by atoms with Crippen molar-refractivity contribution < 1.29 is 24.0 Å². The third-order valence-corrected chi connectivity index (χ3v) is 7.79. The third-order valence-electron chi connectivity index (χ3n) is 7.46. The molecule has 0 aromatic heterocycles. The predicted molar refractivity (Wildman–Crippen MR) is 130 cm³/mol. The number of imide groups is 2. The molecular weight excluding hydrogens is 470 g/mol. The Morgan fingerprint density at radius 1 is 1.11 bits per heavy atom. The molecule has 1 spiro atoms. The van der Waals surface area contributed by atoms with E-state index < -0.39 is 35.1 Å². The number of hydrogen-bond acceptors (Lipinski definition) is 7. The van der Waals surface area contributed by atoms with Gasteiger partial charge in [0.1, 0.15) is 5.57 Å². The number of rotatable bonds is 2. The number of fused-ring (bicyclic) bond motifs is 4. The molecule has 182 valence electrons. The van der Waals surface area contributed by atoms with Crippen molar-refractivity contribution in [3.8, 4) is 0 Å². The average molecular weight is 496 g/mol. The lowest BCUT2D eigenvalue weighted by Gasteiger charge is -2.50. The summed E-state index contributed by atoms with van der Waals surface area (Å²) in [6.45, 7) is 2.77. The van der Waals surface area contributed by atoms with Crippen LogP contribution >= 0.6 is 12.2 Å². The lowest BCUT2D eigenvalue weighted by Crippen LogP contribution is -2.70. The molecule has 4 aliphatic rings. The highest BCUT2D eigenvalue weighted by Gasteiger charge is 2.63. The number of likely N-dealkylation sites (N-methyl/N-ethyl adjacent to an activating group) is 1. The van der Waals surface area contributed by atoms with E-state index in [4.69, 9.17) is 12.2 Å². The van der Waals surface area contributed by atoms with Gasteiger partial charge in [-0.25, -0.2) is 4.79 Å². The molecule has 10 nitrogen and oxygen atoms in total. The Kier molecular flexibility index (Phi) is 5.28. The number of barbiturate groups is 1. The average Bonchev–Trinajstić information content (AvgIpc) is 3.33. The van der Waals surface area contributed by atoms with E-state index in [9.17, 15) is 24.0 Å². The van der Waals surface area contributed by atoms with E-state index in [-0.39, 0.29) is 23.1 Å². The number of hydrogen-bond donors (Lipinski definition) is 1. The van der Waals surface area contributed by atoms with E-state index in [0.29, 0.717) is 25.1 Å². The molecule has 1 aromatic carbocycles. The Morgan fingerprint density at radius 2 is 1.80 bits per heavy atom. The highest BCUT2D eigenvalue weighted by molar-refractivity contribution is 7.80. The van der Waals surface area contributed by atoms with Crippen molar-refractivity contribution in [3.63, 3.8) is 0 Å². The van der Waals surface area contributed by atoms with Crippen LogP contribution in [0.3, 0.4) is 0 Å². The molecule has 1 unspecified atom stereocenters. The first kappa shape index (κ1) is 23.2. The van der Waals surface area contributed by atoms with E-state index >= 15 is 0 Å². The predicted octanol–water partition coefficient (Wildman–Crippen LogP) is 0.895. The SMILES string of the molecule is CCN1C(=O)/C(=C\c2ccc3c(c2)CC2(C(=O)N(C)C(=O)N(C)C2=O)C2CCCN32)C(=O)NC1=S. The molecule has 0 bridgehead atoms. The number of thiocarbonyl (C=S) groups is 1. The fourth-order valence-corrected chi connectivity index (χ4v) is 6.08. The summed E-state index contributed by atoms with van der Waals surface area (Å²) in [5.41, 5.74) is 0.809. The van der Waals surface area contributed by atoms with Crippen LogP contribution in [0, 0.1) is 5.41 Å². The van der Waals surface area contributed by atoms with Gasteiger partial charge in [-0.2, -0.15) is 0 Å². The van der Waals surface area contributed by atoms with Gasteiger partial charge >= 0.3 is 6.03 Å². The van der Waals surface area contributed by atoms with Gasteiger partial charge in [-0.05, 0) is 67.7 Å². The standard InChI is InChI=1S/C24H25N5O5S/c1-4-28-19(31)15(18(30)25-22(28)35)11-13-7-8-16-14(10-13)12-24(17-6-5-9-29(16)17)20(32)26(2)23(34)27(3)21(24)33/h7-8,10-11,17H,4-6,9,12H2,1-3H3,(H,25,30,35)/b15-11-. The lowest BCUT2D eigenvalue weighted by atomic mass is 9.68. The molecule has 4 heterocycles. The van der Waals surface area contributed by atoms with Gasteiger partial charge in [0.2, 0.25) is 11.8 Å². The third kappa shape index (κ3) is 3.14. The van der Waals surface area contributed by atoms with E-state index in [1.165, 1.54) is 25.1 Å². The molecule has 5 rings (SSSR count). The minimum atomic E-state index is -1.41. The molecule has 0 saturated carbocycles. The van der Waals surface area contributed by atoms with Crippen LogP contribution in [0.4, 0.5) is 10.5 Å². The summed E-state index contributed by atoms with van der Waals surface area (Å²) in [5.74, 6) is -2.04. The second kappa shape index (κ2) is 7.98. The number of urea groups is 1. The largest absolute Gasteiger partial charge is 0.367 e. The second-order valence-corrected chi connectivity index (χ2v) is 9.65. The van der Waals surface area contributed by atoms with Crippen molar-refractivity contribution in [1.82, 2.24) is 20.0 Å². The van der Waals surface area contributed by atoms with Crippen molar-refractivity contribution in [2.45, 2.75) is 32.2 Å². The normalized spacial score (nSPS) is 25.0. The molecule has 3 saturated heterocycles. The number of carbonyl (C=O) groups is 5. The van der Waals surface area contributed by atoms with Crippen LogP contribution in [0.5, 0.6) is 0 Å². The van der Waals surface area contributed by atoms with E-state index in [1.54, 1.807) is 13.0 Å². The van der Waals surface area contributed by atoms with Gasteiger partial charge in [-0.1, -0.05) is 6.07 Å². The Hall–Kier alpha value is -3.60. The van der Waals surface area contributed by atoms with Crippen molar-refractivity contribution in [2.75, 3.05) is 32.1 Å². The zero-order valence-corrected chi connectivity index (χ0v) is 20.5. The Balaban J connectivity index is 1.59. The maximum absolute atomic E-state index is 13.5. The zero-order valence-electron chi connectivity index (χ0n) is 19.7. The molecule has 0 radical (unpaired) electrons.